The molecule has 1 aromatic heterocycles. The first-order valence-electron chi connectivity index (χ1n) is 5.90. The van der Waals surface area contributed by atoms with Crippen molar-refractivity contribution in [2.45, 2.75) is 23.8 Å². The van der Waals surface area contributed by atoms with Gasteiger partial charge in [-0.1, -0.05) is 0 Å². The van der Waals surface area contributed by atoms with Crippen molar-refractivity contribution in [3.8, 4) is 0 Å². The van der Waals surface area contributed by atoms with Crippen LogP contribution in [0.25, 0.3) is 0 Å². The molecule has 1 aliphatic carbocycles. The molecule has 0 amide bonds. The largest absolute Gasteiger partial charge is 0.398 e. The highest BCUT2D eigenvalue weighted by molar-refractivity contribution is 7.89. The van der Waals surface area contributed by atoms with E-state index < -0.39 is 10.0 Å². The second-order valence-electron chi connectivity index (χ2n) is 4.52. The van der Waals surface area contributed by atoms with Gasteiger partial charge in [-0.3, -0.25) is 4.98 Å². The highest BCUT2D eigenvalue weighted by atomic mass is 32.2. The number of hydrogen-bond donors (Lipinski definition) is 2. The molecule has 0 radical (unpaired) electrons. The maximum atomic E-state index is 12.0. The van der Waals surface area contributed by atoms with Crippen LogP contribution in [0, 0.1) is 0 Å². The molecule has 3 N–H and O–H groups in total. The smallest absolute Gasteiger partial charge is 0.244 e. The van der Waals surface area contributed by atoms with Crippen molar-refractivity contribution in [2.24, 2.45) is 0 Å². The molecule has 1 aliphatic rings. The van der Waals surface area contributed by atoms with E-state index in [2.05, 4.69) is 14.6 Å². The second kappa shape index (κ2) is 5.21. The van der Waals surface area contributed by atoms with Crippen molar-refractivity contribution in [3.63, 3.8) is 0 Å². The van der Waals surface area contributed by atoms with Gasteiger partial charge in [0.2, 0.25) is 10.0 Å². The van der Waals surface area contributed by atoms with Crippen molar-refractivity contribution in [2.75, 3.05) is 25.9 Å². The van der Waals surface area contributed by atoms with Crippen LogP contribution in [0.15, 0.2) is 23.4 Å². The Morgan fingerprint density at radius 3 is 2.89 bits per heavy atom. The zero-order valence-corrected chi connectivity index (χ0v) is 11.2. The Balaban J connectivity index is 1.93. The predicted octanol–water partition coefficient (Wildman–Crippen LogP) is 0.0363. The van der Waals surface area contributed by atoms with Gasteiger partial charge in [-0.25, -0.2) is 13.1 Å². The first kappa shape index (κ1) is 13.3. The second-order valence-corrected chi connectivity index (χ2v) is 6.26. The molecule has 1 heterocycles. The molecule has 18 heavy (non-hydrogen) atoms. The Morgan fingerprint density at radius 1 is 1.56 bits per heavy atom. The molecule has 0 aromatic carbocycles. The number of anilines is 1. The lowest BCUT2D eigenvalue weighted by Crippen LogP contribution is -2.34. The van der Waals surface area contributed by atoms with Gasteiger partial charge >= 0.3 is 0 Å². The van der Waals surface area contributed by atoms with E-state index in [0.29, 0.717) is 19.1 Å². The number of likely N-dealkylation sites (N-methyl/N-ethyl adjacent to an activating group) is 1. The molecular weight excluding hydrogens is 252 g/mol. The van der Waals surface area contributed by atoms with Crippen LogP contribution >= 0.6 is 0 Å². The average molecular weight is 270 g/mol. The summed E-state index contributed by atoms with van der Waals surface area (Å²) in [6.07, 6.45) is 5.15. The summed E-state index contributed by atoms with van der Waals surface area (Å²) in [5.74, 6) is 0. The Hall–Kier alpha value is -1.18. The lowest BCUT2D eigenvalue weighted by molar-refractivity contribution is 0.329. The fraction of sp³-hybridized carbons (Fsp3) is 0.545. The van der Waals surface area contributed by atoms with Gasteiger partial charge in [0, 0.05) is 31.5 Å². The highest BCUT2D eigenvalue weighted by Gasteiger charge is 2.26. The molecule has 0 saturated heterocycles. The van der Waals surface area contributed by atoms with Gasteiger partial charge in [-0.2, -0.15) is 0 Å². The maximum absolute atomic E-state index is 12.0. The van der Waals surface area contributed by atoms with Crippen molar-refractivity contribution >= 4 is 15.7 Å². The molecule has 1 fully saturated rings. The topological polar surface area (TPSA) is 88.3 Å². The normalized spacial score (nSPS) is 16.1. The quantitative estimate of drug-likeness (QED) is 0.762. The van der Waals surface area contributed by atoms with Gasteiger partial charge in [0.25, 0.3) is 0 Å². The number of sulfonamides is 1. The minimum Gasteiger partial charge on any atom is -0.398 e. The molecule has 0 spiro atoms. The monoisotopic (exact) mass is 270 g/mol. The Kier molecular flexibility index (Phi) is 3.84. The third-order valence-electron chi connectivity index (χ3n) is 3.03. The van der Waals surface area contributed by atoms with E-state index in [4.69, 9.17) is 5.73 Å². The number of rotatable bonds is 6. The lowest BCUT2D eigenvalue weighted by Gasteiger charge is -2.16. The van der Waals surface area contributed by atoms with E-state index in [1.165, 1.54) is 31.3 Å². The van der Waals surface area contributed by atoms with Crippen LogP contribution in [-0.4, -0.2) is 44.5 Å². The van der Waals surface area contributed by atoms with Gasteiger partial charge in [-0.05, 0) is 26.0 Å². The number of nitrogens with one attached hydrogen (secondary N) is 1. The van der Waals surface area contributed by atoms with E-state index in [1.807, 2.05) is 7.05 Å². The summed E-state index contributed by atoms with van der Waals surface area (Å²) in [5, 5.41) is 0. The summed E-state index contributed by atoms with van der Waals surface area (Å²) >= 11 is 0. The summed E-state index contributed by atoms with van der Waals surface area (Å²) in [5.41, 5.74) is 5.84. The number of aromatic nitrogens is 1. The number of nitrogens with zero attached hydrogens (tertiary/aromatic N) is 2. The minimum atomic E-state index is -3.56. The van der Waals surface area contributed by atoms with Crippen LogP contribution in [0.4, 0.5) is 5.69 Å². The van der Waals surface area contributed by atoms with Crippen molar-refractivity contribution < 1.29 is 8.42 Å². The SMILES string of the molecule is CN(CCNS(=O)(=O)c1cnccc1N)C1CC1. The van der Waals surface area contributed by atoms with Gasteiger partial charge in [-0.15, -0.1) is 0 Å². The van der Waals surface area contributed by atoms with Crippen LogP contribution in [0.1, 0.15) is 12.8 Å². The van der Waals surface area contributed by atoms with Crippen molar-refractivity contribution in [1.82, 2.24) is 14.6 Å². The van der Waals surface area contributed by atoms with E-state index in [9.17, 15) is 8.42 Å². The van der Waals surface area contributed by atoms with Gasteiger partial charge in [0.1, 0.15) is 4.90 Å². The molecular formula is C11H18N4O2S. The standard InChI is InChI=1S/C11H18N4O2S/c1-15(9-2-3-9)7-6-14-18(16,17)11-8-13-5-4-10(11)12/h4-5,8-9,14H,2-3,6-7H2,1H3,(H2,12,13). The Labute approximate surface area is 107 Å². The van der Waals surface area contributed by atoms with E-state index in [1.54, 1.807) is 0 Å². The van der Waals surface area contributed by atoms with Crippen molar-refractivity contribution in [1.29, 1.82) is 0 Å². The fourth-order valence-electron chi connectivity index (χ4n) is 1.75. The predicted molar refractivity (Wildman–Crippen MR) is 69.5 cm³/mol. The van der Waals surface area contributed by atoms with E-state index >= 15 is 0 Å². The molecule has 7 heteroatoms. The Bertz CT molecular complexity index is 514. The fourth-order valence-corrected chi connectivity index (χ4v) is 2.84. The summed E-state index contributed by atoms with van der Waals surface area (Å²) in [7, 11) is -1.55. The molecule has 0 bridgehead atoms. The van der Waals surface area contributed by atoms with E-state index in [-0.39, 0.29) is 10.6 Å². The Morgan fingerprint density at radius 2 is 2.28 bits per heavy atom. The molecule has 100 valence electrons. The summed E-state index contributed by atoms with van der Waals surface area (Å²) in [4.78, 5) is 5.99. The lowest BCUT2D eigenvalue weighted by atomic mass is 10.4. The summed E-state index contributed by atoms with van der Waals surface area (Å²) in [6, 6.07) is 2.10. The number of hydrogen-bond acceptors (Lipinski definition) is 5. The third-order valence-corrected chi connectivity index (χ3v) is 4.54. The molecule has 1 saturated carbocycles. The van der Waals surface area contributed by atoms with Gasteiger partial charge in [0.05, 0.1) is 5.69 Å². The minimum absolute atomic E-state index is 0.0408. The third kappa shape index (κ3) is 3.18. The van der Waals surface area contributed by atoms with Crippen LogP contribution < -0.4 is 10.5 Å². The van der Waals surface area contributed by atoms with Crippen LogP contribution in [0.3, 0.4) is 0 Å². The highest BCUT2D eigenvalue weighted by Crippen LogP contribution is 2.24. The first-order valence-corrected chi connectivity index (χ1v) is 7.38. The number of pyridine rings is 1. The van der Waals surface area contributed by atoms with Crippen molar-refractivity contribution in [3.05, 3.63) is 18.5 Å². The summed E-state index contributed by atoms with van der Waals surface area (Å²) < 4.78 is 26.5. The first-order chi connectivity index (χ1) is 8.50. The van der Waals surface area contributed by atoms with E-state index in [0.717, 1.165) is 0 Å². The zero-order valence-electron chi connectivity index (χ0n) is 10.3. The van der Waals surface area contributed by atoms with Gasteiger partial charge < -0.3 is 10.6 Å². The average Bonchev–Trinajstić information content (AvgIpc) is 3.12. The van der Waals surface area contributed by atoms with Crippen LogP contribution in [0.2, 0.25) is 0 Å². The molecule has 0 unspecified atom stereocenters. The molecule has 0 aliphatic heterocycles. The molecule has 2 rings (SSSR count). The maximum Gasteiger partial charge on any atom is 0.244 e. The van der Waals surface area contributed by atoms with Gasteiger partial charge in [0.15, 0.2) is 0 Å². The van der Waals surface area contributed by atoms with Crippen LogP contribution in [-0.2, 0) is 10.0 Å². The molecule has 6 nitrogen and oxygen atoms in total. The molecule has 0 atom stereocenters. The zero-order chi connectivity index (χ0) is 13.2. The number of nitrogens with two attached hydrogens (primary N) is 1. The summed E-state index contributed by atoms with van der Waals surface area (Å²) in [6.45, 7) is 1.08. The van der Waals surface area contributed by atoms with Crippen LogP contribution in [0.5, 0.6) is 0 Å². The molecule has 1 aromatic rings. The number of nitrogen functional groups attached to an aromatic ring is 1.